The van der Waals surface area contributed by atoms with Gasteiger partial charge in [-0.1, -0.05) is 40.0 Å². The molecule has 0 unspecified atom stereocenters. The molecule has 0 aromatic rings. The van der Waals surface area contributed by atoms with Crippen LogP contribution in [0.5, 0.6) is 0 Å². The topological polar surface area (TPSA) is 15.3 Å². The van der Waals surface area contributed by atoms with Gasteiger partial charge in [0.2, 0.25) is 0 Å². The van der Waals surface area contributed by atoms with Crippen LogP contribution in [0.2, 0.25) is 0 Å². The highest BCUT2D eigenvalue weighted by atomic mass is 15.2. The van der Waals surface area contributed by atoms with Crippen LogP contribution in [-0.2, 0) is 0 Å². The summed E-state index contributed by atoms with van der Waals surface area (Å²) in [7, 11) is 0. The van der Waals surface area contributed by atoms with Crippen molar-refractivity contribution in [2.45, 2.75) is 58.9 Å². The minimum Gasteiger partial charge on any atom is -0.314 e. The Hall–Kier alpha value is -0.0800. The first kappa shape index (κ1) is 14.0. The number of hydrogen-bond donors (Lipinski definition) is 1. The van der Waals surface area contributed by atoms with Gasteiger partial charge in [-0.25, -0.2) is 0 Å². The van der Waals surface area contributed by atoms with Crippen LogP contribution in [0.15, 0.2) is 0 Å². The third-order valence-electron chi connectivity index (χ3n) is 3.81. The lowest BCUT2D eigenvalue weighted by Gasteiger charge is -2.32. The van der Waals surface area contributed by atoms with Crippen molar-refractivity contribution < 1.29 is 0 Å². The summed E-state index contributed by atoms with van der Waals surface area (Å²) in [6.07, 6.45) is 7.16. The predicted octanol–water partition coefficient (Wildman–Crippen LogP) is 2.89. The van der Waals surface area contributed by atoms with Crippen LogP contribution in [0.4, 0.5) is 0 Å². The fourth-order valence-corrected chi connectivity index (χ4v) is 2.32. The lowest BCUT2D eigenvalue weighted by atomic mass is 10.2. The fraction of sp³-hybridized carbons (Fsp3) is 1.00. The predicted molar refractivity (Wildman–Crippen MR) is 71.8 cm³/mol. The Balaban J connectivity index is 0.000000221. The monoisotopic (exact) mass is 226 g/mol. The SMILES string of the molecule is C1CCC(N2CCNCC2)C1.CCC(C)C. The van der Waals surface area contributed by atoms with E-state index in [1.165, 1.54) is 58.3 Å². The molecule has 2 rings (SSSR count). The molecular formula is C14H30N2. The van der Waals surface area contributed by atoms with E-state index < -0.39 is 0 Å². The van der Waals surface area contributed by atoms with Gasteiger partial charge in [-0.15, -0.1) is 0 Å². The first-order valence-electron chi connectivity index (χ1n) is 7.18. The molecule has 16 heavy (non-hydrogen) atoms. The quantitative estimate of drug-likeness (QED) is 0.779. The highest BCUT2D eigenvalue weighted by molar-refractivity contribution is 4.80. The van der Waals surface area contributed by atoms with Crippen molar-refractivity contribution >= 4 is 0 Å². The van der Waals surface area contributed by atoms with Crippen LogP contribution >= 0.6 is 0 Å². The second-order valence-corrected chi connectivity index (χ2v) is 5.53. The second kappa shape index (κ2) is 8.08. The molecule has 2 nitrogen and oxygen atoms in total. The molecule has 0 bridgehead atoms. The Labute approximate surface area is 102 Å². The molecule has 1 aliphatic heterocycles. The van der Waals surface area contributed by atoms with Crippen LogP contribution in [-0.4, -0.2) is 37.1 Å². The third kappa shape index (κ3) is 5.31. The normalized spacial score (nSPS) is 23.2. The third-order valence-corrected chi connectivity index (χ3v) is 3.81. The maximum atomic E-state index is 3.40. The van der Waals surface area contributed by atoms with Gasteiger partial charge in [0.05, 0.1) is 0 Å². The number of nitrogens with one attached hydrogen (secondary N) is 1. The summed E-state index contributed by atoms with van der Waals surface area (Å²) in [4.78, 5) is 2.67. The van der Waals surface area contributed by atoms with Gasteiger partial charge in [-0.2, -0.15) is 0 Å². The van der Waals surface area contributed by atoms with Gasteiger partial charge in [-0.3, -0.25) is 4.90 Å². The molecule has 96 valence electrons. The zero-order valence-corrected chi connectivity index (χ0v) is 11.5. The van der Waals surface area contributed by atoms with Crippen molar-refractivity contribution in [3.05, 3.63) is 0 Å². The van der Waals surface area contributed by atoms with Crippen molar-refractivity contribution in [2.24, 2.45) is 5.92 Å². The Kier molecular flexibility index (Phi) is 7.06. The number of rotatable bonds is 2. The molecule has 1 saturated heterocycles. The number of hydrogen-bond acceptors (Lipinski definition) is 2. The molecule has 2 heteroatoms. The molecule has 2 fully saturated rings. The maximum Gasteiger partial charge on any atom is 0.0110 e. The van der Waals surface area contributed by atoms with Crippen molar-refractivity contribution in [3.8, 4) is 0 Å². The highest BCUT2D eigenvalue weighted by Crippen LogP contribution is 2.23. The summed E-state index contributed by atoms with van der Waals surface area (Å²) in [6.45, 7) is 11.6. The summed E-state index contributed by atoms with van der Waals surface area (Å²) in [6, 6.07) is 0.942. The van der Waals surface area contributed by atoms with Crippen LogP contribution < -0.4 is 5.32 Å². The van der Waals surface area contributed by atoms with E-state index >= 15 is 0 Å². The van der Waals surface area contributed by atoms with E-state index in [-0.39, 0.29) is 0 Å². The Morgan fingerprint density at radius 3 is 2.06 bits per heavy atom. The smallest absolute Gasteiger partial charge is 0.0110 e. The van der Waals surface area contributed by atoms with Crippen LogP contribution in [0.1, 0.15) is 52.9 Å². The Morgan fingerprint density at radius 1 is 1.12 bits per heavy atom. The highest BCUT2D eigenvalue weighted by Gasteiger charge is 2.22. The molecule has 1 aliphatic carbocycles. The number of nitrogens with zero attached hydrogens (tertiary/aromatic N) is 1. The lowest BCUT2D eigenvalue weighted by Crippen LogP contribution is -2.47. The van der Waals surface area contributed by atoms with Crippen molar-refractivity contribution in [1.29, 1.82) is 0 Å². The molecule has 0 spiro atoms. The van der Waals surface area contributed by atoms with E-state index in [4.69, 9.17) is 0 Å². The van der Waals surface area contributed by atoms with Gasteiger partial charge in [0.1, 0.15) is 0 Å². The largest absolute Gasteiger partial charge is 0.314 e. The molecule has 0 aromatic carbocycles. The second-order valence-electron chi connectivity index (χ2n) is 5.53. The Bertz CT molecular complexity index is 156. The standard InChI is InChI=1S/C9H18N2.C5H12/c1-2-4-9(3-1)11-7-5-10-6-8-11;1-4-5(2)3/h9-10H,1-8H2;5H,4H2,1-3H3. The molecule has 0 aromatic heterocycles. The van der Waals surface area contributed by atoms with Crippen molar-refractivity contribution in [1.82, 2.24) is 10.2 Å². The van der Waals surface area contributed by atoms with Crippen LogP contribution in [0, 0.1) is 5.92 Å². The van der Waals surface area contributed by atoms with Gasteiger partial charge in [0.25, 0.3) is 0 Å². The first-order chi connectivity index (χ1) is 7.74. The molecule has 0 atom stereocenters. The average molecular weight is 226 g/mol. The summed E-state index contributed by atoms with van der Waals surface area (Å²) in [5, 5.41) is 3.40. The Morgan fingerprint density at radius 2 is 1.62 bits per heavy atom. The molecule has 1 saturated carbocycles. The first-order valence-corrected chi connectivity index (χ1v) is 7.18. The summed E-state index contributed by atoms with van der Waals surface area (Å²) in [5.74, 6) is 0.884. The molecule has 0 amide bonds. The van der Waals surface area contributed by atoms with Gasteiger partial charge < -0.3 is 5.32 Å². The van der Waals surface area contributed by atoms with E-state index in [1.54, 1.807) is 0 Å². The van der Waals surface area contributed by atoms with Gasteiger partial charge in [0.15, 0.2) is 0 Å². The van der Waals surface area contributed by atoms with Crippen molar-refractivity contribution in [2.75, 3.05) is 26.2 Å². The fourth-order valence-electron chi connectivity index (χ4n) is 2.32. The zero-order chi connectivity index (χ0) is 11.8. The van der Waals surface area contributed by atoms with Crippen molar-refractivity contribution in [3.63, 3.8) is 0 Å². The van der Waals surface area contributed by atoms with Crippen LogP contribution in [0.25, 0.3) is 0 Å². The summed E-state index contributed by atoms with van der Waals surface area (Å²) in [5.41, 5.74) is 0. The maximum absolute atomic E-state index is 3.40. The van der Waals surface area contributed by atoms with Gasteiger partial charge >= 0.3 is 0 Å². The van der Waals surface area contributed by atoms with Gasteiger partial charge in [-0.05, 0) is 18.8 Å². The molecule has 1 heterocycles. The zero-order valence-electron chi connectivity index (χ0n) is 11.5. The van der Waals surface area contributed by atoms with E-state index in [0.717, 1.165) is 12.0 Å². The summed E-state index contributed by atoms with van der Waals surface area (Å²) >= 11 is 0. The molecular weight excluding hydrogens is 196 g/mol. The molecule has 0 radical (unpaired) electrons. The van der Waals surface area contributed by atoms with E-state index in [1.807, 2.05) is 0 Å². The van der Waals surface area contributed by atoms with E-state index in [2.05, 4.69) is 31.0 Å². The molecule has 2 aliphatic rings. The van der Waals surface area contributed by atoms with E-state index in [9.17, 15) is 0 Å². The molecule has 1 N–H and O–H groups in total. The average Bonchev–Trinajstić information content (AvgIpc) is 2.84. The lowest BCUT2D eigenvalue weighted by molar-refractivity contribution is 0.175. The minimum absolute atomic E-state index is 0.884. The minimum atomic E-state index is 0.884. The summed E-state index contributed by atoms with van der Waals surface area (Å²) < 4.78 is 0. The van der Waals surface area contributed by atoms with E-state index in [0.29, 0.717) is 0 Å². The van der Waals surface area contributed by atoms with Crippen LogP contribution in [0.3, 0.4) is 0 Å². The number of piperazine rings is 1. The van der Waals surface area contributed by atoms with Gasteiger partial charge in [0, 0.05) is 32.2 Å².